The maximum atomic E-state index is 12.6. The average molecular weight is 339 g/mol. The van der Waals surface area contributed by atoms with Gasteiger partial charge in [0.2, 0.25) is 0 Å². The fourth-order valence-electron chi connectivity index (χ4n) is 2.53. The normalized spacial score (nSPS) is 12.4. The first kappa shape index (κ1) is 18.2. The standard InChI is InChI=1S/C17H23F2N3O2/c1-12(11-22-8-7-21-13(22)2)9-20-10-14-5-4-6-15(23-3)16(14)24-17(18)19/h4-8,12,17,20H,9-11H2,1-3H3. The average Bonchev–Trinajstić information content (AvgIpc) is 2.93. The number of aryl methyl sites for hydroxylation is 1. The number of aromatic nitrogens is 2. The summed E-state index contributed by atoms with van der Waals surface area (Å²) in [7, 11) is 1.43. The number of rotatable bonds is 9. The summed E-state index contributed by atoms with van der Waals surface area (Å²) in [5.41, 5.74) is 0.640. The van der Waals surface area contributed by atoms with Gasteiger partial charge in [-0.15, -0.1) is 0 Å². The predicted octanol–water partition coefficient (Wildman–Crippen LogP) is 3.23. The van der Waals surface area contributed by atoms with Crippen LogP contribution >= 0.6 is 0 Å². The number of hydrogen-bond donors (Lipinski definition) is 1. The molecule has 2 rings (SSSR count). The molecule has 0 aliphatic carbocycles. The van der Waals surface area contributed by atoms with Crippen LogP contribution in [-0.4, -0.2) is 29.8 Å². The predicted molar refractivity (Wildman–Crippen MR) is 87.5 cm³/mol. The minimum atomic E-state index is -2.89. The molecule has 5 nitrogen and oxygen atoms in total. The van der Waals surface area contributed by atoms with Crippen LogP contribution in [0.15, 0.2) is 30.6 Å². The van der Waals surface area contributed by atoms with Crippen LogP contribution < -0.4 is 14.8 Å². The van der Waals surface area contributed by atoms with Gasteiger partial charge in [0.25, 0.3) is 0 Å². The van der Waals surface area contributed by atoms with Gasteiger partial charge in [0.15, 0.2) is 11.5 Å². The maximum Gasteiger partial charge on any atom is 0.387 e. The smallest absolute Gasteiger partial charge is 0.387 e. The largest absolute Gasteiger partial charge is 0.493 e. The van der Waals surface area contributed by atoms with E-state index in [1.54, 1.807) is 24.4 Å². The Hall–Kier alpha value is -2.15. The molecule has 1 aromatic carbocycles. The fourth-order valence-corrected chi connectivity index (χ4v) is 2.53. The van der Waals surface area contributed by atoms with Crippen molar-refractivity contribution in [2.75, 3.05) is 13.7 Å². The van der Waals surface area contributed by atoms with E-state index in [1.807, 2.05) is 13.1 Å². The Morgan fingerprint density at radius 3 is 2.75 bits per heavy atom. The lowest BCUT2D eigenvalue weighted by Crippen LogP contribution is -2.24. The third kappa shape index (κ3) is 4.92. The zero-order chi connectivity index (χ0) is 17.5. The Morgan fingerprint density at radius 2 is 2.12 bits per heavy atom. The van der Waals surface area contributed by atoms with Gasteiger partial charge in [-0.05, 0) is 25.5 Å². The number of alkyl halides is 2. The van der Waals surface area contributed by atoms with E-state index in [9.17, 15) is 8.78 Å². The molecule has 0 saturated heterocycles. The summed E-state index contributed by atoms with van der Waals surface area (Å²) in [6, 6.07) is 5.11. The monoisotopic (exact) mass is 339 g/mol. The second kappa shape index (κ2) is 8.63. The molecule has 24 heavy (non-hydrogen) atoms. The molecule has 0 bridgehead atoms. The van der Waals surface area contributed by atoms with E-state index in [0.29, 0.717) is 23.8 Å². The zero-order valence-electron chi connectivity index (χ0n) is 14.1. The van der Waals surface area contributed by atoms with Crippen molar-refractivity contribution in [3.05, 3.63) is 42.0 Å². The molecule has 132 valence electrons. The minimum absolute atomic E-state index is 0.0839. The molecule has 0 fully saturated rings. The third-order valence-electron chi connectivity index (χ3n) is 3.73. The highest BCUT2D eigenvalue weighted by molar-refractivity contribution is 5.46. The summed E-state index contributed by atoms with van der Waals surface area (Å²) >= 11 is 0. The minimum Gasteiger partial charge on any atom is -0.493 e. The second-order valence-electron chi connectivity index (χ2n) is 5.69. The molecule has 1 atom stereocenters. The van der Waals surface area contributed by atoms with Gasteiger partial charge in [-0.1, -0.05) is 19.1 Å². The van der Waals surface area contributed by atoms with Crippen LogP contribution in [0.4, 0.5) is 8.78 Å². The summed E-state index contributed by atoms with van der Waals surface area (Å²) in [4.78, 5) is 4.20. The van der Waals surface area contributed by atoms with Gasteiger partial charge in [0.1, 0.15) is 5.82 Å². The zero-order valence-corrected chi connectivity index (χ0v) is 14.1. The van der Waals surface area contributed by atoms with Gasteiger partial charge in [-0.25, -0.2) is 4.98 Å². The van der Waals surface area contributed by atoms with Crippen molar-refractivity contribution >= 4 is 0 Å². The van der Waals surface area contributed by atoms with Crippen molar-refractivity contribution in [1.82, 2.24) is 14.9 Å². The third-order valence-corrected chi connectivity index (χ3v) is 3.73. The Bertz CT molecular complexity index is 647. The first-order chi connectivity index (χ1) is 11.5. The molecule has 0 aliphatic rings. The number of para-hydroxylation sites is 1. The topological polar surface area (TPSA) is 48.3 Å². The van der Waals surface area contributed by atoms with Gasteiger partial charge in [0.05, 0.1) is 7.11 Å². The quantitative estimate of drug-likeness (QED) is 0.762. The molecule has 1 heterocycles. The van der Waals surface area contributed by atoms with Crippen LogP contribution in [0.1, 0.15) is 18.3 Å². The molecular weight excluding hydrogens is 316 g/mol. The van der Waals surface area contributed by atoms with Crippen molar-refractivity contribution in [1.29, 1.82) is 0 Å². The molecule has 1 N–H and O–H groups in total. The molecule has 1 aromatic heterocycles. The summed E-state index contributed by atoms with van der Waals surface area (Å²) in [6.45, 7) is 3.20. The lowest BCUT2D eigenvalue weighted by Gasteiger charge is -2.17. The Kier molecular flexibility index (Phi) is 6.54. The molecule has 7 heteroatoms. The van der Waals surface area contributed by atoms with Gasteiger partial charge < -0.3 is 19.4 Å². The Balaban J connectivity index is 1.92. The van der Waals surface area contributed by atoms with Crippen molar-refractivity contribution in [3.63, 3.8) is 0 Å². The first-order valence-corrected chi connectivity index (χ1v) is 7.80. The molecular formula is C17H23F2N3O2. The van der Waals surface area contributed by atoms with Crippen molar-refractivity contribution < 1.29 is 18.3 Å². The van der Waals surface area contributed by atoms with Crippen LogP contribution in [0.25, 0.3) is 0 Å². The molecule has 1 unspecified atom stereocenters. The van der Waals surface area contributed by atoms with E-state index >= 15 is 0 Å². The molecule has 2 aromatic rings. The summed E-state index contributed by atoms with van der Waals surface area (Å²) < 4.78 is 37.0. The van der Waals surface area contributed by atoms with Crippen LogP contribution in [-0.2, 0) is 13.1 Å². The summed E-state index contributed by atoms with van der Waals surface area (Å²) in [6.07, 6.45) is 3.72. The lowest BCUT2D eigenvalue weighted by atomic mass is 10.1. The van der Waals surface area contributed by atoms with E-state index in [2.05, 4.69) is 26.5 Å². The number of methoxy groups -OCH3 is 1. The van der Waals surface area contributed by atoms with Gasteiger partial charge >= 0.3 is 6.61 Å². The van der Waals surface area contributed by atoms with E-state index in [4.69, 9.17) is 4.74 Å². The van der Waals surface area contributed by atoms with Crippen molar-refractivity contribution in [2.45, 2.75) is 33.5 Å². The van der Waals surface area contributed by atoms with Crippen molar-refractivity contribution in [2.24, 2.45) is 5.92 Å². The highest BCUT2D eigenvalue weighted by atomic mass is 19.3. The van der Waals surface area contributed by atoms with Crippen LogP contribution in [0.5, 0.6) is 11.5 Å². The number of imidazole rings is 1. The molecule has 0 radical (unpaired) electrons. The fraction of sp³-hybridized carbons (Fsp3) is 0.471. The van der Waals surface area contributed by atoms with Crippen molar-refractivity contribution in [3.8, 4) is 11.5 Å². The molecule has 0 spiro atoms. The lowest BCUT2D eigenvalue weighted by molar-refractivity contribution is -0.0518. The van der Waals surface area contributed by atoms with E-state index < -0.39 is 6.61 Å². The summed E-state index contributed by atoms with van der Waals surface area (Å²) in [5.74, 6) is 1.72. The Labute approximate surface area is 140 Å². The molecule has 0 amide bonds. The van der Waals surface area contributed by atoms with Crippen LogP contribution in [0.2, 0.25) is 0 Å². The van der Waals surface area contributed by atoms with E-state index in [0.717, 1.165) is 18.9 Å². The second-order valence-corrected chi connectivity index (χ2v) is 5.69. The summed E-state index contributed by atoms with van der Waals surface area (Å²) in [5, 5.41) is 3.28. The van der Waals surface area contributed by atoms with Gasteiger partial charge in [0, 0.05) is 31.0 Å². The first-order valence-electron chi connectivity index (χ1n) is 7.80. The highest BCUT2D eigenvalue weighted by Crippen LogP contribution is 2.32. The number of nitrogens with zero attached hydrogens (tertiary/aromatic N) is 2. The van der Waals surface area contributed by atoms with Crippen LogP contribution in [0.3, 0.4) is 0 Å². The van der Waals surface area contributed by atoms with Gasteiger partial charge in [-0.3, -0.25) is 0 Å². The van der Waals surface area contributed by atoms with E-state index in [1.165, 1.54) is 7.11 Å². The molecule has 0 aliphatic heterocycles. The molecule has 0 saturated carbocycles. The Morgan fingerprint density at radius 1 is 1.33 bits per heavy atom. The maximum absolute atomic E-state index is 12.6. The van der Waals surface area contributed by atoms with E-state index in [-0.39, 0.29) is 5.75 Å². The number of benzene rings is 1. The SMILES string of the molecule is COc1cccc(CNCC(C)Cn2ccnc2C)c1OC(F)F. The number of hydrogen-bond acceptors (Lipinski definition) is 4. The van der Waals surface area contributed by atoms with Crippen LogP contribution in [0, 0.1) is 12.8 Å². The highest BCUT2D eigenvalue weighted by Gasteiger charge is 2.15. The number of ether oxygens (including phenoxy) is 2. The number of halogens is 2. The van der Waals surface area contributed by atoms with Gasteiger partial charge in [-0.2, -0.15) is 8.78 Å². The number of nitrogens with one attached hydrogen (secondary N) is 1.